The Morgan fingerprint density at radius 3 is 2.20 bits per heavy atom. The monoisotopic (exact) mass is 710 g/mol. The van der Waals surface area contributed by atoms with Crippen LogP contribution in [0.1, 0.15) is 76.0 Å². The van der Waals surface area contributed by atoms with Crippen LogP contribution in [0.15, 0.2) is 94.7 Å². The van der Waals surface area contributed by atoms with Gasteiger partial charge in [-0.2, -0.15) is 8.42 Å². The molecule has 10 nitrogen and oxygen atoms in total. The Kier molecular flexibility index (Phi) is 11.9. The van der Waals surface area contributed by atoms with Crippen molar-refractivity contribution in [2.75, 3.05) is 23.8 Å². The lowest BCUT2D eigenvalue weighted by molar-refractivity contribution is 0.221. The maximum atomic E-state index is 14.3. The number of aryl methyl sites for hydroxylation is 2. The number of ether oxygens (including phenoxy) is 1. The highest BCUT2D eigenvalue weighted by molar-refractivity contribution is 7.86. The van der Waals surface area contributed by atoms with Crippen molar-refractivity contribution < 1.29 is 22.1 Å². The number of unbranched alkanes of at least 4 members (excludes halogenated alkanes) is 1. The lowest BCUT2D eigenvalue weighted by Gasteiger charge is -2.22. The van der Waals surface area contributed by atoms with E-state index in [9.17, 15) is 18.0 Å². The number of anilines is 2. The van der Waals surface area contributed by atoms with Crippen LogP contribution >= 0.6 is 0 Å². The van der Waals surface area contributed by atoms with Crippen molar-refractivity contribution in [3.63, 3.8) is 0 Å². The molecule has 3 aromatic carbocycles. The van der Waals surface area contributed by atoms with Crippen LogP contribution in [0, 0.1) is 6.92 Å². The van der Waals surface area contributed by atoms with Crippen molar-refractivity contribution in [2.45, 2.75) is 77.7 Å². The third-order valence-electron chi connectivity index (χ3n) is 8.63. The molecule has 51 heavy (non-hydrogen) atoms. The van der Waals surface area contributed by atoms with Gasteiger partial charge in [0.05, 0.1) is 4.90 Å². The highest BCUT2D eigenvalue weighted by Gasteiger charge is 2.23. The van der Waals surface area contributed by atoms with Gasteiger partial charge < -0.3 is 15.4 Å². The van der Waals surface area contributed by atoms with Crippen molar-refractivity contribution in [2.24, 2.45) is 0 Å². The quantitative estimate of drug-likeness (QED) is 0.0870. The molecule has 5 rings (SSSR count). The van der Waals surface area contributed by atoms with Gasteiger partial charge in [-0.1, -0.05) is 89.1 Å². The average Bonchev–Trinajstić information content (AvgIpc) is 3.10. The Hall–Kier alpha value is -5.00. The molecule has 11 heteroatoms. The Labute approximate surface area is 300 Å². The number of aromatic nitrogens is 2. The number of para-hydroxylation sites is 1. The summed E-state index contributed by atoms with van der Waals surface area (Å²) in [5.74, 6) is 0.741. The second kappa shape index (κ2) is 16.3. The predicted molar refractivity (Wildman–Crippen MR) is 203 cm³/mol. The number of carbonyl (C=O) groups excluding carboxylic acids is 1. The first-order chi connectivity index (χ1) is 24.4. The molecule has 0 bridgehead atoms. The highest BCUT2D eigenvalue weighted by atomic mass is 32.2. The Morgan fingerprint density at radius 1 is 0.863 bits per heavy atom. The molecule has 0 aliphatic rings. The number of urea groups is 1. The van der Waals surface area contributed by atoms with Crippen molar-refractivity contribution in [3.05, 3.63) is 112 Å². The fraction of sp³-hybridized carbons (Fsp3) is 0.325. The summed E-state index contributed by atoms with van der Waals surface area (Å²) in [4.78, 5) is 32.9. The summed E-state index contributed by atoms with van der Waals surface area (Å²) in [6.07, 6.45) is 3.26. The maximum absolute atomic E-state index is 14.3. The van der Waals surface area contributed by atoms with Crippen LogP contribution in [0.3, 0.4) is 0 Å². The number of hydrogen-bond donors (Lipinski definition) is 2. The van der Waals surface area contributed by atoms with E-state index < -0.39 is 16.1 Å². The number of nitrogens with zero attached hydrogens (tertiary/aromatic N) is 2. The van der Waals surface area contributed by atoms with Gasteiger partial charge in [-0.15, -0.1) is 0 Å². The number of amides is 2. The Morgan fingerprint density at radius 2 is 1.53 bits per heavy atom. The van der Waals surface area contributed by atoms with E-state index >= 15 is 0 Å². The standard InChI is InChI=1S/C40H46N4O6S/c1-7-8-22-44-38-34(16-11-21-41-38)35(37(39(44)45)43-40(46)42-36-32(26(2)3)14-10-15-33(36)27(4)5)29-12-9-13-30(25-29)49-23-24-50-51(47,48)31-19-17-28(6)18-20-31/h9-21,25-27H,7-8,22-24H2,1-6H3,(H2,42,43,46). The topological polar surface area (TPSA) is 129 Å². The smallest absolute Gasteiger partial charge is 0.323 e. The number of nitrogens with one attached hydrogen (secondary N) is 2. The molecule has 0 aliphatic heterocycles. The summed E-state index contributed by atoms with van der Waals surface area (Å²) in [6.45, 7) is 12.4. The van der Waals surface area contributed by atoms with Crippen LogP contribution in [-0.4, -0.2) is 37.2 Å². The van der Waals surface area contributed by atoms with E-state index in [-0.39, 0.29) is 41.2 Å². The minimum absolute atomic E-state index is 0.0452. The normalized spacial score (nSPS) is 11.7. The number of hydrogen-bond acceptors (Lipinski definition) is 7. The van der Waals surface area contributed by atoms with Gasteiger partial charge >= 0.3 is 6.03 Å². The molecule has 2 amide bonds. The summed E-state index contributed by atoms with van der Waals surface area (Å²) in [7, 11) is -3.95. The fourth-order valence-electron chi connectivity index (χ4n) is 5.99. The molecular formula is C40H46N4O6S. The summed E-state index contributed by atoms with van der Waals surface area (Å²) >= 11 is 0. The highest BCUT2D eigenvalue weighted by Crippen LogP contribution is 2.36. The van der Waals surface area contributed by atoms with Gasteiger partial charge in [-0.3, -0.25) is 13.5 Å². The molecule has 0 saturated heterocycles. The van der Waals surface area contributed by atoms with E-state index in [2.05, 4.69) is 50.2 Å². The number of pyridine rings is 2. The molecule has 5 aromatic rings. The van der Waals surface area contributed by atoms with Crippen LogP contribution < -0.4 is 20.9 Å². The van der Waals surface area contributed by atoms with E-state index in [0.29, 0.717) is 34.5 Å². The average molecular weight is 711 g/mol. The predicted octanol–water partition coefficient (Wildman–Crippen LogP) is 8.85. The first-order valence-electron chi connectivity index (χ1n) is 17.3. The second-order valence-electron chi connectivity index (χ2n) is 13.1. The lowest BCUT2D eigenvalue weighted by Crippen LogP contribution is -2.30. The molecule has 268 valence electrons. The minimum Gasteiger partial charge on any atom is -0.491 e. The van der Waals surface area contributed by atoms with E-state index in [1.807, 2.05) is 37.3 Å². The second-order valence-corrected chi connectivity index (χ2v) is 14.7. The number of fused-ring (bicyclic) bond motifs is 1. The summed E-state index contributed by atoms with van der Waals surface area (Å²) < 4.78 is 38.0. The molecule has 0 fully saturated rings. The Balaban J connectivity index is 1.49. The van der Waals surface area contributed by atoms with Crippen LogP contribution in [0.25, 0.3) is 22.2 Å². The molecular weight excluding hydrogens is 665 g/mol. The minimum atomic E-state index is -3.95. The first-order valence-corrected chi connectivity index (χ1v) is 18.7. The van der Waals surface area contributed by atoms with E-state index in [4.69, 9.17) is 8.92 Å². The number of carbonyl (C=O) groups is 1. The van der Waals surface area contributed by atoms with Crippen molar-refractivity contribution in [3.8, 4) is 16.9 Å². The molecule has 0 unspecified atom stereocenters. The zero-order valence-electron chi connectivity index (χ0n) is 30.0. The number of rotatable bonds is 14. The van der Waals surface area contributed by atoms with Gasteiger partial charge in [0.1, 0.15) is 30.3 Å². The lowest BCUT2D eigenvalue weighted by atomic mass is 9.93. The van der Waals surface area contributed by atoms with Crippen LogP contribution in [0.4, 0.5) is 16.2 Å². The van der Waals surface area contributed by atoms with Gasteiger partial charge in [0.25, 0.3) is 15.7 Å². The first kappa shape index (κ1) is 37.3. The van der Waals surface area contributed by atoms with Crippen LogP contribution in [0.5, 0.6) is 5.75 Å². The van der Waals surface area contributed by atoms with Gasteiger partial charge in [0.2, 0.25) is 0 Å². The van der Waals surface area contributed by atoms with E-state index in [1.54, 1.807) is 47.2 Å². The van der Waals surface area contributed by atoms with Crippen molar-refractivity contribution in [1.29, 1.82) is 0 Å². The summed E-state index contributed by atoms with van der Waals surface area (Å²) in [6, 6.07) is 22.7. The SMILES string of the molecule is CCCCn1c(=O)c(NC(=O)Nc2c(C(C)C)cccc2C(C)C)c(-c2cccc(OCCOS(=O)(=O)c3ccc(C)cc3)c2)c2cccnc21. The fourth-order valence-corrected chi connectivity index (χ4v) is 6.88. The molecule has 0 radical (unpaired) electrons. The van der Waals surface area contributed by atoms with Gasteiger partial charge in [-0.05, 0) is 78.3 Å². The van der Waals surface area contributed by atoms with Gasteiger partial charge in [0, 0.05) is 29.4 Å². The van der Waals surface area contributed by atoms with Crippen molar-refractivity contribution in [1.82, 2.24) is 9.55 Å². The van der Waals surface area contributed by atoms with Crippen molar-refractivity contribution >= 4 is 38.6 Å². The zero-order chi connectivity index (χ0) is 36.7. The third kappa shape index (κ3) is 8.66. The summed E-state index contributed by atoms with van der Waals surface area (Å²) in [5.41, 5.74) is 5.02. The van der Waals surface area contributed by atoms with Crippen LogP contribution in [0.2, 0.25) is 0 Å². The largest absolute Gasteiger partial charge is 0.491 e. The third-order valence-corrected chi connectivity index (χ3v) is 9.96. The van der Waals surface area contributed by atoms with E-state index in [1.165, 1.54) is 12.1 Å². The van der Waals surface area contributed by atoms with Crippen LogP contribution in [-0.2, 0) is 20.8 Å². The molecule has 2 N–H and O–H groups in total. The zero-order valence-corrected chi connectivity index (χ0v) is 30.8. The van der Waals surface area contributed by atoms with Gasteiger partial charge in [-0.25, -0.2) is 9.78 Å². The molecule has 0 saturated carbocycles. The molecule has 0 atom stereocenters. The van der Waals surface area contributed by atoms with E-state index in [0.717, 1.165) is 35.2 Å². The molecule has 0 spiro atoms. The van der Waals surface area contributed by atoms with Gasteiger partial charge in [0.15, 0.2) is 0 Å². The molecule has 2 aromatic heterocycles. The molecule has 0 aliphatic carbocycles. The number of benzene rings is 3. The Bertz CT molecular complexity index is 2150. The molecule has 2 heterocycles. The maximum Gasteiger partial charge on any atom is 0.323 e. The summed E-state index contributed by atoms with van der Waals surface area (Å²) in [5, 5.41) is 6.69.